The van der Waals surface area contributed by atoms with Crippen molar-refractivity contribution in [2.75, 3.05) is 6.61 Å². The van der Waals surface area contributed by atoms with Gasteiger partial charge in [0, 0.05) is 6.61 Å². The molecule has 0 unspecified atom stereocenters. The Labute approximate surface area is 105 Å². The van der Waals surface area contributed by atoms with Crippen molar-refractivity contribution in [3.63, 3.8) is 0 Å². The third kappa shape index (κ3) is 4.16. The van der Waals surface area contributed by atoms with E-state index in [1.807, 2.05) is 0 Å². The number of hydrogen-bond acceptors (Lipinski definition) is 1. The van der Waals surface area contributed by atoms with Crippen LogP contribution in [0.4, 0.5) is 0 Å². The summed E-state index contributed by atoms with van der Waals surface area (Å²) in [7, 11) is 0. The first-order chi connectivity index (χ1) is 8.24. The van der Waals surface area contributed by atoms with Crippen molar-refractivity contribution in [1.29, 1.82) is 0 Å². The lowest BCUT2D eigenvalue weighted by atomic mass is 9.83. The van der Waals surface area contributed by atoms with E-state index in [-0.39, 0.29) is 0 Å². The quantitative estimate of drug-likeness (QED) is 0.750. The van der Waals surface area contributed by atoms with Crippen molar-refractivity contribution in [3.8, 4) is 0 Å². The van der Waals surface area contributed by atoms with E-state index in [1.54, 1.807) is 0 Å². The fourth-order valence-corrected chi connectivity index (χ4v) is 2.52. The van der Waals surface area contributed by atoms with Gasteiger partial charge in [-0.15, -0.1) is 0 Å². The second-order valence-electron chi connectivity index (χ2n) is 5.63. The third-order valence-electron chi connectivity index (χ3n) is 3.88. The summed E-state index contributed by atoms with van der Waals surface area (Å²) in [6.07, 6.45) is 5.49. The molecule has 2 rings (SSSR count). The van der Waals surface area contributed by atoms with E-state index < -0.39 is 0 Å². The van der Waals surface area contributed by atoms with Gasteiger partial charge in [-0.1, -0.05) is 49.6 Å². The maximum Gasteiger partial charge on any atom is 0.0717 e. The summed E-state index contributed by atoms with van der Waals surface area (Å²) in [4.78, 5) is 0. The van der Waals surface area contributed by atoms with Crippen molar-refractivity contribution in [1.82, 2.24) is 0 Å². The molecule has 0 bridgehead atoms. The van der Waals surface area contributed by atoms with E-state index in [9.17, 15) is 0 Å². The van der Waals surface area contributed by atoms with E-state index in [0.717, 1.165) is 25.0 Å². The molecule has 0 spiro atoms. The molecule has 0 saturated heterocycles. The first-order valence-corrected chi connectivity index (χ1v) is 6.87. The second-order valence-corrected chi connectivity index (χ2v) is 5.63. The minimum absolute atomic E-state index is 0.770. The normalized spacial score (nSPS) is 24.8. The van der Waals surface area contributed by atoms with Crippen LogP contribution in [0, 0.1) is 18.8 Å². The highest BCUT2D eigenvalue weighted by atomic mass is 16.5. The molecule has 0 heterocycles. The van der Waals surface area contributed by atoms with Gasteiger partial charge in [-0.05, 0) is 37.2 Å². The average Bonchev–Trinajstić information content (AvgIpc) is 2.34. The van der Waals surface area contributed by atoms with Crippen molar-refractivity contribution in [2.45, 2.75) is 46.1 Å². The lowest BCUT2D eigenvalue weighted by Gasteiger charge is -2.25. The molecule has 0 aliphatic heterocycles. The molecule has 17 heavy (non-hydrogen) atoms. The zero-order valence-corrected chi connectivity index (χ0v) is 11.1. The van der Waals surface area contributed by atoms with E-state index in [1.165, 1.54) is 36.8 Å². The smallest absolute Gasteiger partial charge is 0.0717 e. The van der Waals surface area contributed by atoms with Crippen LogP contribution in [0.5, 0.6) is 0 Å². The molecule has 94 valence electrons. The van der Waals surface area contributed by atoms with Gasteiger partial charge in [0.2, 0.25) is 0 Å². The van der Waals surface area contributed by atoms with Gasteiger partial charge in [-0.3, -0.25) is 0 Å². The van der Waals surface area contributed by atoms with Crippen molar-refractivity contribution in [3.05, 3.63) is 35.4 Å². The van der Waals surface area contributed by atoms with Crippen LogP contribution in [0.15, 0.2) is 24.3 Å². The molecule has 0 amide bonds. The second kappa shape index (κ2) is 6.20. The van der Waals surface area contributed by atoms with Crippen molar-refractivity contribution >= 4 is 0 Å². The molecule has 1 aliphatic rings. The minimum Gasteiger partial charge on any atom is -0.376 e. The lowest BCUT2D eigenvalue weighted by molar-refractivity contribution is 0.0684. The Hall–Kier alpha value is -0.820. The number of ether oxygens (including phenoxy) is 1. The summed E-state index contributed by atoms with van der Waals surface area (Å²) >= 11 is 0. The van der Waals surface area contributed by atoms with E-state index in [0.29, 0.717) is 0 Å². The van der Waals surface area contributed by atoms with E-state index >= 15 is 0 Å². The van der Waals surface area contributed by atoms with Gasteiger partial charge in [-0.25, -0.2) is 0 Å². The molecule has 1 aliphatic carbocycles. The Morgan fingerprint density at radius 2 is 1.71 bits per heavy atom. The van der Waals surface area contributed by atoms with Crippen LogP contribution in [0.25, 0.3) is 0 Å². The summed E-state index contributed by atoms with van der Waals surface area (Å²) < 4.78 is 5.83. The van der Waals surface area contributed by atoms with Crippen LogP contribution in [0.1, 0.15) is 43.7 Å². The van der Waals surface area contributed by atoms with Crippen LogP contribution in [0.2, 0.25) is 0 Å². The largest absolute Gasteiger partial charge is 0.376 e. The van der Waals surface area contributed by atoms with E-state index in [4.69, 9.17) is 4.74 Å². The van der Waals surface area contributed by atoms with Gasteiger partial charge >= 0.3 is 0 Å². The standard InChI is InChI=1S/C16H24O/c1-13-3-7-15(8-4-13)11-17-12-16-9-5-14(2)6-10-16/h3-4,7-8,14,16H,5-6,9-12H2,1-2H3. The molecule has 1 saturated carbocycles. The van der Waals surface area contributed by atoms with Crippen LogP contribution < -0.4 is 0 Å². The molecule has 1 aromatic rings. The summed E-state index contributed by atoms with van der Waals surface area (Å²) in [5, 5.41) is 0. The van der Waals surface area contributed by atoms with Crippen LogP contribution in [0.3, 0.4) is 0 Å². The predicted molar refractivity (Wildman–Crippen MR) is 72.0 cm³/mol. The highest BCUT2D eigenvalue weighted by molar-refractivity contribution is 5.20. The fourth-order valence-electron chi connectivity index (χ4n) is 2.52. The van der Waals surface area contributed by atoms with Gasteiger partial charge < -0.3 is 4.74 Å². The molecule has 1 nitrogen and oxygen atoms in total. The van der Waals surface area contributed by atoms with Crippen LogP contribution >= 0.6 is 0 Å². The zero-order chi connectivity index (χ0) is 12.1. The molecule has 1 heteroatoms. The Bertz CT molecular complexity index is 320. The first kappa shape index (κ1) is 12.6. The summed E-state index contributed by atoms with van der Waals surface area (Å²) in [5.41, 5.74) is 2.61. The van der Waals surface area contributed by atoms with Crippen LogP contribution in [-0.4, -0.2) is 6.61 Å². The molecule has 0 aromatic heterocycles. The Morgan fingerprint density at radius 1 is 1.06 bits per heavy atom. The Kier molecular flexibility index (Phi) is 4.61. The zero-order valence-electron chi connectivity index (χ0n) is 11.1. The molecule has 1 aromatic carbocycles. The van der Waals surface area contributed by atoms with Gasteiger partial charge in [0.1, 0.15) is 0 Å². The Morgan fingerprint density at radius 3 is 2.35 bits per heavy atom. The maximum absolute atomic E-state index is 5.83. The van der Waals surface area contributed by atoms with Gasteiger partial charge in [0.15, 0.2) is 0 Å². The SMILES string of the molecule is Cc1ccc(COCC2CCC(C)CC2)cc1. The molecule has 1 fully saturated rings. The highest BCUT2D eigenvalue weighted by Gasteiger charge is 2.17. The minimum atomic E-state index is 0.770. The molecular formula is C16H24O. The molecular weight excluding hydrogens is 208 g/mol. The number of aryl methyl sites for hydroxylation is 1. The number of benzene rings is 1. The molecule has 0 atom stereocenters. The molecule has 0 radical (unpaired) electrons. The van der Waals surface area contributed by atoms with Crippen molar-refractivity contribution in [2.24, 2.45) is 11.8 Å². The first-order valence-electron chi connectivity index (χ1n) is 6.87. The highest BCUT2D eigenvalue weighted by Crippen LogP contribution is 2.28. The molecule has 0 N–H and O–H groups in total. The fraction of sp³-hybridized carbons (Fsp3) is 0.625. The summed E-state index contributed by atoms with van der Waals surface area (Å²) in [6.45, 7) is 6.20. The monoisotopic (exact) mass is 232 g/mol. The average molecular weight is 232 g/mol. The van der Waals surface area contributed by atoms with E-state index in [2.05, 4.69) is 38.1 Å². The topological polar surface area (TPSA) is 9.23 Å². The maximum atomic E-state index is 5.83. The number of hydrogen-bond donors (Lipinski definition) is 0. The summed E-state index contributed by atoms with van der Waals surface area (Å²) in [5.74, 6) is 1.74. The predicted octanol–water partition coefficient (Wildman–Crippen LogP) is 4.34. The van der Waals surface area contributed by atoms with Gasteiger partial charge in [-0.2, -0.15) is 0 Å². The summed E-state index contributed by atoms with van der Waals surface area (Å²) in [6, 6.07) is 8.64. The van der Waals surface area contributed by atoms with Crippen LogP contribution in [-0.2, 0) is 11.3 Å². The third-order valence-corrected chi connectivity index (χ3v) is 3.88. The van der Waals surface area contributed by atoms with Crippen molar-refractivity contribution < 1.29 is 4.74 Å². The Balaban J connectivity index is 1.67. The number of rotatable bonds is 4. The van der Waals surface area contributed by atoms with Gasteiger partial charge in [0.05, 0.1) is 6.61 Å². The van der Waals surface area contributed by atoms with Gasteiger partial charge in [0.25, 0.3) is 0 Å². The lowest BCUT2D eigenvalue weighted by Crippen LogP contribution is -2.17.